The lowest BCUT2D eigenvalue weighted by atomic mass is 10.1. The summed E-state index contributed by atoms with van der Waals surface area (Å²) in [7, 11) is 0. The summed E-state index contributed by atoms with van der Waals surface area (Å²) in [5, 5.41) is 18.2. The summed E-state index contributed by atoms with van der Waals surface area (Å²) < 4.78 is 5.78. The lowest BCUT2D eigenvalue weighted by Gasteiger charge is -2.13. The van der Waals surface area contributed by atoms with Gasteiger partial charge in [0.2, 0.25) is 0 Å². The Hall–Kier alpha value is -1.55. The first-order chi connectivity index (χ1) is 9.74. The van der Waals surface area contributed by atoms with E-state index in [2.05, 4.69) is 10.2 Å². The van der Waals surface area contributed by atoms with Gasteiger partial charge in [-0.25, -0.2) is 0 Å². The van der Waals surface area contributed by atoms with Crippen molar-refractivity contribution in [3.05, 3.63) is 23.9 Å². The first-order valence-electron chi connectivity index (χ1n) is 7.48. The van der Waals surface area contributed by atoms with Crippen LogP contribution in [-0.2, 0) is 0 Å². The number of hydrogen-bond donors (Lipinski definition) is 2. The van der Waals surface area contributed by atoms with Crippen LogP contribution < -0.4 is 4.74 Å². The van der Waals surface area contributed by atoms with Crippen molar-refractivity contribution in [1.82, 2.24) is 10.2 Å². The minimum absolute atomic E-state index is 0.356. The summed E-state index contributed by atoms with van der Waals surface area (Å²) >= 11 is 0. The zero-order valence-electron chi connectivity index (χ0n) is 11.9. The third-order valence-corrected chi connectivity index (χ3v) is 4.00. The highest BCUT2D eigenvalue weighted by Gasteiger charge is 2.20. The highest BCUT2D eigenvalue weighted by molar-refractivity contribution is 5.87. The van der Waals surface area contributed by atoms with Gasteiger partial charge in [-0.1, -0.05) is 31.7 Å². The Balaban J connectivity index is 1.54. The number of nitrogens with one attached hydrogen (secondary N) is 1. The average Bonchev–Trinajstić information content (AvgIpc) is 3.19. The first kappa shape index (κ1) is 13.4. The molecule has 2 N–H and O–H groups in total. The van der Waals surface area contributed by atoms with Gasteiger partial charge in [0.15, 0.2) is 0 Å². The normalized spacial score (nSPS) is 16.5. The summed E-state index contributed by atoms with van der Waals surface area (Å²) in [6.07, 6.45) is 5.58. The van der Waals surface area contributed by atoms with E-state index in [0.717, 1.165) is 41.1 Å². The summed E-state index contributed by atoms with van der Waals surface area (Å²) in [6, 6.07) is 5.82. The lowest BCUT2D eigenvalue weighted by molar-refractivity contribution is 0.0980. The highest BCUT2D eigenvalue weighted by Crippen LogP contribution is 2.34. The molecular weight excluding hydrogens is 252 g/mol. The van der Waals surface area contributed by atoms with E-state index < -0.39 is 0 Å². The van der Waals surface area contributed by atoms with Crippen molar-refractivity contribution in [2.45, 2.75) is 45.1 Å². The summed E-state index contributed by atoms with van der Waals surface area (Å²) in [5.74, 6) is 1.74. The average molecular weight is 274 g/mol. The van der Waals surface area contributed by atoms with Crippen molar-refractivity contribution in [3.8, 4) is 5.75 Å². The molecule has 3 rings (SSSR count). The number of aromatic amines is 1. The predicted molar refractivity (Wildman–Crippen MR) is 78.9 cm³/mol. The SMILES string of the molecule is Cc1[nH]nc2cccc(OC[C@@H](O)CCCC3CC3)c12. The van der Waals surface area contributed by atoms with E-state index in [1.54, 1.807) is 0 Å². The molecule has 0 bridgehead atoms. The van der Waals surface area contributed by atoms with Gasteiger partial charge in [-0.3, -0.25) is 5.10 Å². The van der Waals surface area contributed by atoms with Crippen molar-refractivity contribution in [1.29, 1.82) is 0 Å². The second kappa shape index (κ2) is 5.83. The number of ether oxygens (including phenoxy) is 1. The van der Waals surface area contributed by atoms with Crippen LogP contribution in [0.3, 0.4) is 0 Å². The molecule has 0 unspecified atom stereocenters. The predicted octanol–water partition coefficient (Wildman–Crippen LogP) is 3.19. The standard InChI is InChI=1S/C16H22N2O2/c1-11-16-14(18-17-11)6-3-7-15(16)20-10-13(19)5-2-4-12-8-9-12/h3,6-7,12-13,19H,2,4-5,8-10H2,1H3,(H,17,18)/t13-/m0/s1. The number of fused-ring (bicyclic) bond motifs is 1. The minimum Gasteiger partial charge on any atom is -0.490 e. The third-order valence-electron chi connectivity index (χ3n) is 4.00. The Morgan fingerprint density at radius 2 is 2.30 bits per heavy atom. The molecule has 0 amide bonds. The number of aliphatic hydroxyl groups excluding tert-OH is 1. The van der Waals surface area contributed by atoms with Gasteiger partial charge in [0.25, 0.3) is 0 Å². The summed E-state index contributed by atoms with van der Waals surface area (Å²) in [5.41, 5.74) is 1.90. The lowest BCUT2D eigenvalue weighted by Crippen LogP contribution is -2.17. The number of rotatable bonds is 7. The van der Waals surface area contributed by atoms with Gasteiger partial charge in [-0.05, 0) is 31.4 Å². The molecule has 20 heavy (non-hydrogen) atoms. The first-order valence-corrected chi connectivity index (χ1v) is 7.48. The Morgan fingerprint density at radius 1 is 1.45 bits per heavy atom. The molecule has 1 aromatic carbocycles. The Bertz CT molecular complexity index is 575. The smallest absolute Gasteiger partial charge is 0.130 e. The molecule has 1 aromatic heterocycles. The molecule has 0 saturated heterocycles. The third kappa shape index (κ3) is 3.12. The van der Waals surface area contributed by atoms with Crippen LogP contribution in [0, 0.1) is 12.8 Å². The fourth-order valence-electron chi connectivity index (χ4n) is 2.63. The number of aliphatic hydroxyl groups is 1. The Labute approximate surface area is 119 Å². The van der Waals surface area contributed by atoms with E-state index in [1.807, 2.05) is 25.1 Å². The van der Waals surface area contributed by atoms with Gasteiger partial charge >= 0.3 is 0 Å². The van der Waals surface area contributed by atoms with E-state index in [-0.39, 0.29) is 6.10 Å². The molecule has 0 radical (unpaired) electrons. The number of aromatic nitrogens is 2. The van der Waals surface area contributed by atoms with E-state index in [1.165, 1.54) is 19.3 Å². The van der Waals surface area contributed by atoms with E-state index in [9.17, 15) is 5.11 Å². The topological polar surface area (TPSA) is 58.1 Å². The summed E-state index contributed by atoms with van der Waals surface area (Å²) in [4.78, 5) is 0. The molecule has 1 heterocycles. The molecule has 1 saturated carbocycles. The Kier molecular flexibility index (Phi) is 3.92. The largest absolute Gasteiger partial charge is 0.490 e. The zero-order valence-corrected chi connectivity index (χ0v) is 11.9. The van der Waals surface area contributed by atoms with Gasteiger partial charge in [-0.15, -0.1) is 0 Å². The molecule has 1 aliphatic carbocycles. The second-order valence-corrected chi connectivity index (χ2v) is 5.84. The van der Waals surface area contributed by atoms with Gasteiger partial charge in [0, 0.05) is 5.69 Å². The summed E-state index contributed by atoms with van der Waals surface area (Å²) in [6.45, 7) is 2.34. The van der Waals surface area contributed by atoms with Crippen molar-refractivity contribution >= 4 is 10.9 Å². The molecule has 4 nitrogen and oxygen atoms in total. The van der Waals surface area contributed by atoms with Crippen LogP contribution >= 0.6 is 0 Å². The van der Waals surface area contributed by atoms with Crippen molar-refractivity contribution in [2.24, 2.45) is 5.92 Å². The minimum atomic E-state index is -0.379. The Morgan fingerprint density at radius 3 is 3.10 bits per heavy atom. The molecule has 0 aliphatic heterocycles. The van der Waals surface area contributed by atoms with Crippen LogP contribution in [0.4, 0.5) is 0 Å². The van der Waals surface area contributed by atoms with Crippen LogP contribution in [0.25, 0.3) is 10.9 Å². The van der Waals surface area contributed by atoms with E-state index in [0.29, 0.717) is 6.61 Å². The van der Waals surface area contributed by atoms with E-state index in [4.69, 9.17) is 4.74 Å². The zero-order chi connectivity index (χ0) is 13.9. The van der Waals surface area contributed by atoms with E-state index >= 15 is 0 Å². The molecule has 1 aliphatic rings. The molecule has 0 spiro atoms. The van der Waals surface area contributed by atoms with Crippen molar-refractivity contribution < 1.29 is 9.84 Å². The molecule has 108 valence electrons. The molecule has 1 fully saturated rings. The molecule has 1 atom stereocenters. The number of aryl methyl sites for hydroxylation is 1. The van der Waals surface area contributed by atoms with Crippen molar-refractivity contribution in [2.75, 3.05) is 6.61 Å². The van der Waals surface area contributed by atoms with Crippen LogP contribution in [0.1, 0.15) is 37.8 Å². The quantitative estimate of drug-likeness (QED) is 0.815. The van der Waals surface area contributed by atoms with Gasteiger partial charge < -0.3 is 9.84 Å². The van der Waals surface area contributed by atoms with Gasteiger partial charge in [0.05, 0.1) is 17.0 Å². The maximum absolute atomic E-state index is 9.99. The number of H-pyrrole nitrogens is 1. The fourth-order valence-corrected chi connectivity index (χ4v) is 2.63. The van der Waals surface area contributed by atoms with Crippen LogP contribution in [0.5, 0.6) is 5.75 Å². The molecular formula is C16H22N2O2. The van der Waals surface area contributed by atoms with Gasteiger partial charge in [-0.2, -0.15) is 5.10 Å². The maximum atomic E-state index is 9.99. The number of nitrogens with zero attached hydrogens (tertiary/aromatic N) is 1. The fraction of sp³-hybridized carbons (Fsp3) is 0.562. The number of benzene rings is 1. The van der Waals surface area contributed by atoms with Crippen LogP contribution in [0.2, 0.25) is 0 Å². The van der Waals surface area contributed by atoms with Gasteiger partial charge in [0.1, 0.15) is 12.4 Å². The molecule has 4 heteroatoms. The second-order valence-electron chi connectivity index (χ2n) is 5.84. The molecule has 2 aromatic rings. The van der Waals surface area contributed by atoms with Crippen molar-refractivity contribution in [3.63, 3.8) is 0 Å². The number of hydrogen-bond acceptors (Lipinski definition) is 3. The van der Waals surface area contributed by atoms with Crippen LogP contribution in [0.15, 0.2) is 18.2 Å². The van der Waals surface area contributed by atoms with Crippen LogP contribution in [-0.4, -0.2) is 28.0 Å². The monoisotopic (exact) mass is 274 g/mol. The maximum Gasteiger partial charge on any atom is 0.130 e. The highest BCUT2D eigenvalue weighted by atomic mass is 16.5.